The molecule has 0 saturated heterocycles. The lowest BCUT2D eigenvalue weighted by Crippen LogP contribution is -2.22. The summed E-state index contributed by atoms with van der Waals surface area (Å²) < 4.78 is 0. The van der Waals surface area contributed by atoms with E-state index in [2.05, 4.69) is 0 Å². The molecule has 0 heterocycles. The lowest BCUT2D eigenvalue weighted by atomic mass is 9.96. The number of hydrogen-bond acceptors (Lipinski definition) is 4. The van der Waals surface area contributed by atoms with E-state index >= 15 is 0 Å². The van der Waals surface area contributed by atoms with E-state index in [4.69, 9.17) is 10.8 Å². The third kappa shape index (κ3) is 2.31. The topological polar surface area (TPSA) is 83.5 Å². The maximum absolute atomic E-state index is 11.1. The van der Waals surface area contributed by atoms with E-state index < -0.39 is 11.9 Å². The van der Waals surface area contributed by atoms with Crippen molar-refractivity contribution in [3.8, 4) is 5.75 Å². The molecule has 0 amide bonds. The average molecular weight is 241 g/mol. The second-order valence-electron chi connectivity index (χ2n) is 3.47. The first-order valence-electron chi connectivity index (χ1n) is 4.82. The highest BCUT2D eigenvalue weighted by molar-refractivity contribution is 7.98. The molecule has 1 rings (SSSR count). The van der Waals surface area contributed by atoms with Crippen LogP contribution in [0.25, 0.3) is 0 Å². The highest BCUT2D eigenvalue weighted by atomic mass is 32.2. The van der Waals surface area contributed by atoms with Gasteiger partial charge in [0.1, 0.15) is 5.75 Å². The average Bonchev–Trinajstić information content (AvgIpc) is 2.25. The maximum atomic E-state index is 11.1. The molecule has 1 aromatic carbocycles. The molecular weight excluding hydrogens is 226 g/mol. The van der Waals surface area contributed by atoms with Gasteiger partial charge < -0.3 is 15.9 Å². The summed E-state index contributed by atoms with van der Waals surface area (Å²) in [7, 11) is 0. The number of carboxylic acid groups (broad SMARTS) is 1. The van der Waals surface area contributed by atoms with Crippen molar-refractivity contribution in [3.05, 3.63) is 23.3 Å². The van der Waals surface area contributed by atoms with Gasteiger partial charge in [-0.15, -0.1) is 11.8 Å². The van der Waals surface area contributed by atoms with Gasteiger partial charge in [-0.05, 0) is 24.8 Å². The Morgan fingerprint density at radius 2 is 2.19 bits per heavy atom. The van der Waals surface area contributed by atoms with Crippen LogP contribution in [0.5, 0.6) is 5.75 Å². The van der Waals surface area contributed by atoms with Crippen LogP contribution >= 0.6 is 11.8 Å². The summed E-state index contributed by atoms with van der Waals surface area (Å²) >= 11 is 1.40. The number of aromatic hydroxyl groups is 1. The molecule has 0 aliphatic heterocycles. The largest absolute Gasteiger partial charge is 0.507 e. The fourth-order valence-corrected chi connectivity index (χ4v) is 2.22. The molecule has 5 heteroatoms. The molecule has 16 heavy (non-hydrogen) atoms. The number of carbonyl (C=O) groups is 1. The third-order valence-electron chi connectivity index (χ3n) is 2.48. The molecule has 88 valence electrons. The Bertz CT molecular complexity index is 406. The molecule has 0 aliphatic carbocycles. The molecule has 4 N–H and O–H groups in total. The molecule has 4 nitrogen and oxygen atoms in total. The number of phenols is 1. The summed E-state index contributed by atoms with van der Waals surface area (Å²) in [6.07, 6.45) is 1.84. The Morgan fingerprint density at radius 1 is 1.56 bits per heavy atom. The van der Waals surface area contributed by atoms with Gasteiger partial charge in [0.2, 0.25) is 0 Å². The van der Waals surface area contributed by atoms with E-state index in [1.807, 2.05) is 6.26 Å². The van der Waals surface area contributed by atoms with Crippen molar-refractivity contribution in [2.45, 2.75) is 17.7 Å². The van der Waals surface area contributed by atoms with Crippen molar-refractivity contribution >= 4 is 17.7 Å². The second kappa shape index (κ2) is 5.23. The minimum absolute atomic E-state index is 0.0279. The summed E-state index contributed by atoms with van der Waals surface area (Å²) in [5.41, 5.74) is 6.53. The molecule has 1 atom stereocenters. The molecule has 0 aliphatic rings. The van der Waals surface area contributed by atoms with Gasteiger partial charge in [-0.1, -0.05) is 6.07 Å². The highest BCUT2D eigenvalue weighted by Gasteiger charge is 2.25. The van der Waals surface area contributed by atoms with Crippen molar-refractivity contribution in [3.63, 3.8) is 0 Å². The molecule has 0 radical (unpaired) electrons. The monoisotopic (exact) mass is 241 g/mol. The van der Waals surface area contributed by atoms with Crippen LogP contribution in [0.4, 0.5) is 0 Å². The fourth-order valence-electron chi connectivity index (χ4n) is 1.56. The van der Waals surface area contributed by atoms with Crippen LogP contribution in [0.1, 0.15) is 17.0 Å². The predicted octanol–water partition coefficient (Wildman–Crippen LogP) is 1.55. The van der Waals surface area contributed by atoms with Gasteiger partial charge in [-0.25, -0.2) is 0 Å². The van der Waals surface area contributed by atoms with Crippen molar-refractivity contribution < 1.29 is 15.0 Å². The Kier molecular flexibility index (Phi) is 4.20. The maximum Gasteiger partial charge on any atom is 0.312 e. The number of phenolic OH excluding ortho intramolecular Hbond substituents is 1. The standard InChI is InChI=1S/C11H15NO3S/c1-6-3-4-8(16-2)9(10(6)13)7(5-12)11(14)15/h3-4,7,13H,5,12H2,1-2H3,(H,14,15). The van der Waals surface area contributed by atoms with Crippen molar-refractivity contribution in [2.24, 2.45) is 5.73 Å². The van der Waals surface area contributed by atoms with E-state index in [-0.39, 0.29) is 12.3 Å². The Balaban J connectivity index is 3.38. The number of nitrogens with two attached hydrogens (primary N) is 1. The first-order chi connectivity index (χ1) is 7.52. The minimum atomic E-state index is -1.02. The van der Waals surface area contributed by atoms with E-state index in [0.29, 0.717) is 11.1 Å². The first kappa shape index (κ1) is 12.9. The number of thioether (sulfide) groups is 1. The lowest BCUT2D eigenvalue weighted by Gasteiger charge is -2.17. The highest BCUT2D eigenvalue weighted by Crippen LogP contribution is 2.36. The summed E-state index contributed by atoms with van der Waals surface area (Å²) in [5, 5.41) is 19.0. The third-order valence-corrected chi connectivity index (χ3v) is 3.28. The number of benzene rings is 1. The van der Waals surface area contributed by atoms with Crippen LogP contribution in [0.15, 0.2) is 17.0 Å². The van der Waals surface area contributed by atoms with E-state index in [9.17, 15) is 9.90 Å². The van der Waals surface area contributed by atoms with Gasteiger partial charge in [-0.3, -0.25) is 4.79 Å². The van der Waals surface area contributed by atoms with Crippen molar-refractivity contribution in [2.75, 3.05) is 12.8 Å². The summed E-state index contributed by atoms with van der Waals surface area (Å²) in [5.74, 6) is -1.84. The second-order valence-corrected chi connectivity index (χ2v) is 4.32. The SMILES string of the molecule is CSc1ccc(C)c(O)c1C(CN)C(=O)O. The molecule has 1 aromatic rings. The molecule has 0 bridgehead atoms. The molecule has 0 spiro atoms. The lowest BCUT2D eigenvalue weighted by molar-refractivity contribution is -0.138. The van der Waals surface area contributed by atoms with Gasteiger partial charge in [-0.2, -0.15) is 0 Å². The van der Waals surface area contributed by atoms with Crippen LogP contribution in [0.2, 0.25) is 0 Å². The number of aryl methyl sites for hydroxylation is 1. The smallest absolute Gasteiger partial charge is 0.312 e. The number of aliphatic carboxylic acids is 1. The van der Waals surface area contributed by atoms with Crippen molar-refractivity contribution in [1.82, 2.24) is 0 Å². The Labute approximate surface area is 98.5 Å². The van der Waals surface area contributed by atoms with E-state index in [0.717, 1.165) is 4.90 Å². The molecule has 1 unspecified atom stereocenters. The van der Waals surface area contributed by atoms with Crippen molar-refractivity contribution in [1.29, 1.82) is 0 Å². The van der Waals surface area contributed by atoms with Crippen LogP contribution in [-0.2, 0) is 4.79 Å². The zero-order valence-electron chi connectivity index (χ0n) is 9.23. The zero-order valence-corrected chi connectivity index (χ0v) is 10.0. The van der Waals surface area contributed by atoms with Crippen LogP contribution in [-0.4, -0.2) is 29.0 Å². The Morgan fingerprint density at radius 3 is 2.62 bits per heavy atom. The van der Waals surface area contributed by atoms with Gasteiger partial charge in [0.05, 0.1) is 5.92 Å². The van der Waals surface area contributed by atoms with E-state index in [1.165, 1.54) is 11.8 Å². The number of rotatable bonds is 4. The fraction of sp³-hybridized carbons (Fsp3) is 0.364. The summed E-state index contributed by atoms with van der Waals surface area (Å²) in [6, 6.07) is 3.57. The van der Waals surface area contributed by atoms with Gasteiger partial charge in [0.25, 0.3) is 0 Å². The van der Waals surface area contributed by atoms with Gasteiger partial charge in [0.15, 0.2) is 0 Å². The number of hydrogen-bond donors (Lipinski definition) is 3. The van der Waals surface area contributed by atoms with Crippen LogP contribution in [0.3, 0.4) is 0 Å². The summed E-state index contributed by atoms with van der Waals surface area (Å²) in [6.45, 7) is 1.71. The molecule has 0 aromatic heterocycles. The van der Waals surface area contributed by atoms with Crippen LogP contribution in [0, 0.1) is 6.92 Å². The van der Waals surface area contributed by atoms with Gasteiger partial charge in [0, 0.05) is 17.0 Å². The molecule has 0 fully saturated rings. The van der Waals surface area contributed by atoms with Gasteiger partial charge >= 0.3 is 5.97 Å². The minimum Gasteiger partial charge on any atom is -0.507 e. The number of carboxylic acids is 1. The quantitative estimate of drug-likeness (QED) is 0.696. The molecular formula is C11H15NO3S. The zero-order chi connectivity index (χ0) is 12.3. The van der Waals surface area contributed by atoms with Crippen LogP contribution < -0.4 is 5.73 Å². The Hall–Kier alpha value is -1.20. The predicted molar refractivity (Wildman–Crippen MR) is 64.1 cm³/mol. The van der Waals surface area contributed by atoms with E-state index in [1.54, 1.807) is 19.1 Å². The normalized spacial score (nSPS) is 12.4. The first-order valence-corrected chi connectivity index (χ1v) is 6.04. The summed E-state index contributed by atoms with van der Waals surface area (Å²) in [4.78, 5) is 11.8. The molecule has 0 saturated carbocycles.